The van der Waals surface area contributed by atoms with E-state index in [1.54, 1.807) is 17.8 Å². The van der Waals surface area contributed by atoms with Crippen molar-refractivity contribution in [1.82, 2.24) is 24.7 Å². The van der Waals surface area contributed by atoms with Crippen molar-refractivity contribution in [2.45, 2.75) is 33.1 Å². The Morgan fingerprint density at radius 3 is 2.84 bits per heavy atom. The summed E-state index contributed by atoms with van der Waals surface area (Å²) in [6.45, 7) is 4.59. The Hall–Kier alpha value is -2.90. The fourth-order valence-electron chi connectivity index (χ4n) is 2.73. The second-order valence-corrected chi connectivity index (χ2v) is 5.90. The number of hydrogen-bond donors (Lipinski definition) is 2. The first-order chi connectivity index (χ1) is 12.0. The van der Waals surface area contributed by atoms with E-state index in [1.807, 2.05) is 6.92 Å². The molecule has 3 N–H and O–H groups in total. The third-order valence-electron chi connectivity index (χ3n) is 3.82. The third kappa shape index (κ3) is 3.19. The summed E-state index contributed by atoms with van der Waals surface area (Å²) >= 11 is 0. The number of pyridine rings is 1. The molecule has 0 amide bonds. The van der Waals surface area contributed by atoms with Crippen LogP contribution in [0.4, 0.5) is 5.69 Å². The third-order valence-corrected chi connectivity index (χ3v) is 3.82. The molecule has 132 valence electrons. The van der Waals surface area contributed by atoms with E-state index in [2.05, 4.69) is 27.0 Å². The van der Waals surface area contributed by atoms with Crippen LogP contribution in [0.25, 0.3) is 22.4 Å². The van der Waals surface area contributed by atoms with Gasteiger partial charge in [0.1, 0.15) is 11.3 Å². The minimum absolute atomic E-state index is 0.249. The van der Waals surface area contributed by atoms with Crippen LogP contribution in [0.15, 0.2) is 17.1 Å². The van der Waals surface area contributed by atoms with Crippen LogP contribution < -0.4 is 16.0 Å². The molecule has 8 nitrogen and oxygen atoms in total. The number of fused-ring (bicyclic) bond motifs is 1. The number of rotatable bonds is 6. The summed E-state index contributed by atoms with van der Waals surface area (Å²) in [5.41, 5.74) is 8.53. The lowest BCUT2D eigenvalue weighted by molar-refractivity contribution is 0.306. The van der Waals surface area contributed by atoms with Gasteiger partial charge in [-0.15, -0.1) is 0 Å². The molecule has 0 aromatic carbocycles. The number of anilines is 1. The van der Waals surface area contributed by atoms with Crippen molar-refractivity contribution < 1.29 is 4.74 Å². The number of nitrogens with two attached hydrogens (primary N) is 1. The van der Waals surface area contributed by atoms with Crippen molar-refractivity contribution in [2.75, 3.05) is 12.3 Å². The predicted octanol–water partition coefficient (Wildman–Crippen LogP) is 2.04. The molecule has 0 fully saturated rings. The quantitative estimate of drug-likeness (QED) is 0.709. The number of aromatic amines is 1. The molecule has 0 saturated carbocycles. The van der Waals surface area contributed by atoms with Gasteiger partial charge in [0.25, 0.3) is 5.56 Å². The van der Waals surface area contributed by atoms with E-state index in [1.165, 1.54) is 6.20 Å². The Morgan fingerprint density at radius 2 is 2.12 bits per heavy atom. The van der Waals surface area contributed by atoms with Gasteiger partial charge >= 0.3 is 0 Å². The first-order valence-corrected chi connectivity index (χ1v) is 8.39. The Bertz CT molecular complexity index is 960. The lowest BCUT2D eigenvalue weighted by atomic mass is 10.2. The van der Waals surface area contributed by atoms with Gasteiger partial charge in [-0.25, -0.2) is 9.97 Å². The lowest BCUT2D eigenvalue weighted by Gasteiger charge is -2.10. The minimum atomic E-state index is -0.249. The SMILES string of the molecule is CCCOc1ncc(N)cc1-c1nc2c(CCC)nn(C)c2c(=O)[nH]1. The van der Waals surface area contributed by atoms with Crippen LogP contribution in [0, 0.1) is 0 Å². The van der Waals surface area contributed by atoms with Gasteiger partial charge in [-0.2, -0.15) is 5.10 Å². The average Bonchev–Trinajstić information content (AvgIpc) is 2.90. The van der Waals surface area contributed by atoms with Gasteiger partial charge in [0.2, 0.25) is 5.88 Å². The van der Waals surface area contributed by atoms with Crippen molar-refractivity contribution in [1.29, 1.82) is 0 Å². The largest absolute Gasteiger partial charge is 0.477 e. The van der Waals surface area contributed by atoms with Crippen LogP contribution in [0.3, 0.4) is 0 Å². The molecule has 8 heteroatoms. The fraction of sp³-hybridized carbons (Fsp3) is 0.412. The van der Waals surface area contributed by atoms with E-state index in [9.17, 15) is 4.79 Å². The van der Waals surface area contributed by atoms with Crippen LogP contribution in [0.2, 0.25) is 0 Å². The summed E-state index contributed by atoms with van der Waals surface area (Å²) in [6, 6.07) is 1.71. The van der Waals surface area contributed by atoms with Crippen LogP contribution >= 0.6 is 0 Å². The summed E-state index contributed by atoms with van der Waals surface area (Å²) in [6.07, 6.45) is 4.04. The summed E-state index contributed by atoms with van der Waals surface area (Å²) in [5.74, 6) is 0.785. The summed E-state index contributed by atoms with van der Waals surface area (Å²) in [7, 11) is 1.75. The number of aryl methyl sites for hydroxylation is 2. The molecule has 3 heterocycles. The number of nitrogens with one attached hydrogen (secondary N) is 1. The zero-order valence-electron chi connectivity index (χ0n) is 14.7. The van der Waals surface area contributed by atoms with Crippen molar-refractivity contribution in [3.05, 3.63) is 28.3 Å². The number of nitrogen functional groups attached to an aromatic ring is 1. The topological polar surface area (TPSA) is 112 Å². The maximum Gasteiger partial charge on any atom is 0.277 e. The van der Waals surface area contributed by atoms with Gasteiger partial charge in [0.05, 0.1) is 29.7 Å². The molecule has 3 rings (SSSR count). The summed E-state index contributed by atoms with van der Waals surface area (Å²) < 4.78 is 7.25. The molecule has 0 spiro atoms. The van der Waals surface area contributed by atoms with Gasteiger partial charge < -0.3 is 15.5 Å². The first-order valence-electron chi connectivity index (χ1n) is 8.39. The zero-order valence-corrected chi connectivity index (χ0v) is 14.7. The number of H-pyrrole nitrogens is 1. The Kier molecular flexibility index (Phi) is 4.69. The van der Waals surface area contributed by atoms with Gasteiger partial charge in [0.15, 0.2) is 5.52 Å². The molecule has 0 atom stereocenters. The van der Waals surface area contributed by atoms with Crippen LogP contribution in [-0.2, 0) is 13.5 Å². The molecule has 0 radical (unpaired) electrons. The highest BCUT2D eigenvalue weighted by molar-refractivity contribution is 5.79. The highest BCUT2D eigenvalue weighted by Gasteiger charge is 2.18. The second kappa shape index (κ2) is 6.92. The van der Waals surface area contributed by atoms with E-state index in [-0.39, 0.29) is 5.56 Å². The van der Waals surface area contributed by atoms with E-state index < -0.39 is 0 Å². The van der Waals surface area contributed by atoms with Gasteiger partial charge in [-0.1, -0.05) is 20.3 Å². The second-order valence-electron chi connectivity index (χ2n) is 5.90. The smallest absolute Gasteiger partial charge is 0.277 e. The highest BCUT2D eigenvalue weighted by Crippen LogP contribution is 2.28. The first kappa shape index (κ1) is 16.9. The Morgan fingerprint density at radius 1 is 1.32 bits per heavy atom. The van der Waals surface area contributed by atoms with Crippen LogP contribution in [0.1, 0.15) is 32.4 Å². The molecular formula is C17H22N6O2. The van der Waals surface area contributed by atoms with Crippen molar-refractivity contribution >= 4 is 16.7 Å². The molecule has 0 saturated heterocycles. The summed E-state index contributed by atoms with van der Waals surface area (Å²) in [4.78, 5) is 24.3. The van der Waals surface area contributed by atoms with Crippen molar-refractivity contribution in [2.24, 2.45) is 7.05 Å². The molecule has 0 aliphatic rings. The normalized spacial score (nSPS) is 11.2. The number of nitrogens with zero attached hydrogens (tertiary/aromatic N) is 4. The lowest BCUT2D eigenvalue weighted by Crippen LogP contribution is -2.13. The van der Waals surface area contributed by atoms with Crippen molar-refractivity contribution in [3.8, 4) is 17.3 Å². The van der Waals surface area contributed by atoms with E-state index in [0.29, 0.717) is 40.6 Å². The maximum atomic E-state index is 12.6. The Labute approximate surface area is 145 Å². The fourth-order valence-corrected chi connectivity index (χ4v) is 2.73. The summed E-state index contributed by atoms with van der Waals surface area (Å²) in [5, 5.41) is 4.43. The molecule has 0 aliphatic carbocycles. The molecular weight excluding hydrogens is 320 g/mol. The van der Waals surface area contributed by atoms with Gasteiger partial charge in [-0.3, -0.25) is 9.48 Å². The van der Waals surface area contributed by atoms with Crippen molar-refractivity contribution in [3.63, 3.8) is 0 Å². The minimum Gasteiger partial charge on any atom is -0.477 e. The van der Waals surface area contributed by atoms with Crippen LogP contribution in [0.5, 0.6) is 5.88 Å². The van der Waals surface area contributed by atoms with Gasteiger partial charge in [0, 0.05) is 7.05 Å². The number of ether oxygens (including phenoxy) is 1. The van der Waals surface area contributed by atoms with E-state index >= 15 is 0 Å². The van der Waals surface area contributed by atoms with Crippen LogP contribution in [-0.4, -0.2) is 31.3 Å². The molecule has 0 unspecified atom stereocenters. The Balaban J connectivity index is 2.21. The molecule has 25 heavy (non-hydrogen) atoms. The standard InChI is InChI=1S/C17H22N6O2/c1-4-6-12-13-14(23(3)22-12)16(24)21-15(20-13)11-8-10(18)9-19-17(11)25-7-5-2/h8-9H,4-7,18H2,1-3H3,(H,20,21,24). The molecule has 3 aromatic heterocycles. The zero-order chi connectivity index (χ0) is 18.0. The predicted molar refractivity (Wildman–Crippen MR) is 96.6 cm³/mol. The maximum absolute atomic E-state index is 12.6. The molecule has 0 aliphatic heterocycles. The van der Waals surface area contributed by atoms with E-state index in [4.69, 9.17) is 10.5 Å². The highest BCUT2D eigenvalue weighted by atomic mass is 16.5. The van der Waals surface area contributed by atoms with E-state index in [0.717, 1.165) is 25.0 Å². The molecule has 3 aromatic rings. The van der Waals surface area contributed by atoms with Gasteiger partial charge in [-0.05, 0) is 18.9 Å². The average molecular weight is 342 g/mol. The monoisotopic (exact) mass is 342 g/mol. The number of aromatic nitrogens is 5. The molecule has 0 bridgehead atoms. The number of hydrogen-bond acceptors (Lipinski definition) is 6.